The maximum atomic E-state index is 12.4. The lowest BCUT2D eigenvalue weighted by Gasteiger charge is -2.13. The highest BCUT2D eigenvalue weighted by molar-refractivity contribution is 14.1. The molecule has 0 heterocycles. The molecule has 10 nitrogen and oxygen atoms in total. The van der Waals surface area contributed by atoms with E-state index in [2.05, 4.69) is 0 Å². The first-order valence-electron chi connectivity index (χ1n) is 7.34. The normalized spacial score (nSPS) is 10.1. The van der Waals surface area contributed by atoms with Gasteiger partial charge in [0.15, 0.2) is 11.5 Å². The van der Waals surface area contributed by atoms with Gasteiger partial charge in [-0.15, -0.1) is 0 Å². The number of nitro groups is 2. The summed E-state index contributed by atoms with van der Waals surface area (Å²) in [5, 5.41) is 21.9. The number of benzene rings is 2. The molecule has 0 spiro atoms. The van der Waals surface area contributed by atoms with Crippen LogP contribution >= 0.6 is 22.6 Å². The summed E-state index contributed by atoms with van der Waals surface area (Å²) >= 11 is 1.83. The lowest BCUT2D eigenvalue weighted by atomic mass is 10.1. The standard InChI is InChI=1S/C16H11IN2O8/c1-2-26-14-4-9(8-20)3-13(17)15(14)27-16(21)10-5-11(18(22)23)7-12(6-10)19(24)25/h3-8H,2H2,1H3. The van der Waals surface area contributed by atoms with Crippen molar-refractivity contribution < 1.29 is 28.9 Å². The highest BCUT2D eigenvalue weighted by Gasteiger charge is 2.23. The number of carbonyl (C=O) groups excluding carboxylic acids is 2. The molecule has 2 rings (SSSR count). The Labute approximate surface area is 165 Å². The number of aldehydes is 1. The van der Waals surface area contributed by atoms with Crippen molar-refractivity contribution in [2.75, 3.05) is 6.61 Å². The number of hydrogen-bond donors (Lipinski definition) is 0. The molecule has 2 aromatic carbocycles. The van der Waals surface area contributed by atoms with Crippen LogP contribution < -0.4 is 9.47 Å². The van der Waals surface area contributed by atoms with Crippen molar-refractivity contribution in [3.8, 4) is 11.5 Å². The first-order chi connectivity index (χ1) is 12.8. The maximum absolute atomic E-state index is 12.4. The Morgan fingerprint density at radius 3 is 2.19 bits per heavy atom. The summed E-state index contributed by atoms with van der Waals surface area (Å²) in [4.78, 5) is 43.6. The minimum atomic E-state index is -1.04. The highest BCUT2D eigenvalue weighted by Crippen LogP contribution is 2.35. The molecule has 0 N–H and O–H groups in total. The summed E-state index contributed by atoms with van der Waals surface area (Å²) in [5.74, 6) is -0.915. The highest BCUT2D eigenvalue weighted by atomic mass is 127. The summed E-state index contributed by atoms with van der Waals surface area (Å²) < 4.78 is 11.0. The van der Waals surface area contributed by atoms with Crippen LogP contribution in [0.25, 0.3) is 0 Å². The van der Waals surface area contributed by atoms with Gasteiger partial charge < -0.3 is 9.47 Å². The second-order valence-corrected chi connectivity index (χ2v) is 6.18. The van der Waals surface area contributed by atoms with Crippen LogP contribution in [-0.2, 0) is 0 Å². The zero-order chi connectivity index (χ0) is 20.1. The Balaban J connectivity index is 2.47. The lowest BCUT2D eigenvalue weighted by molar-refractivity contribution is -0.394. The van der Waals surface area contributed by atoms with Crippen molar-refractivity contribution in [1.82, 2.24) is 0 Å². The second kappa shape index (κ2) is 8.53. The van der Waals surface area contributed by atoms with Gasteiger partial charge >= 0.3 is 5.97 Å². The molecule has 0 bridgehead atoms. The van der Waals surface area contributed by atoms with Crippen molar-refractivity contribution in [3.05, 3.63) is 65.3 Å². The second-order valence-electron chi connectivity index (χ2n) is 5.02. The summed E-state index contributed by atoms with van der Waals surface area (Å²) in [6.45, 7) is 1.92. The number of nitrogens with zero attached hydrogens (tertiary/aromatic N) is 2. The van der Waals surface area contributed by atoms with Gasteiger partial charge in [0.2, 0.25) is 0 Å². The molecule has 2 aromatic rings. The third-order valence-electron chi connectivity index (χ3n) is 3.22. The van der Waals surface area contributed by atoms with Crippen LogP contribution in [-0.4, -0.2) is 28.7 Å². The van der Waals surface area contributed by atoms with E-state index in [9.17, 15) is 29.8 Å². The molecule has 0 aliphatic carbocycles. The third kappa shape index (κ3) is 4.75. The molecule has 0 radical (unpaired) electrons. The summed E-state index contributed by atoms with van der Waals surface area (Å²) in [5.41, 5.74) is -1.30. The van der Waals surface area contributed by atoms with E-state index in [4.69, 9.17) is 9.47 Å². The van der Waals surface area contributed by atoms with Crippen LogP contribution in [0.3, 0.4) is 0 Å². The minimum Gasteiger partial charge on any atom is -0.490 e. The maximum Gasteiger partial charge on any atom is 0.344 e. The largest absolute Gasteiger partial charge is 0.490 e. The molecule has 0 amide bonds. The van der Waals surface area contributed by atoms with Gasteiger partial charge in [-0.2, -0.15) is 0 Å². The fraction of sp³-hybridized carbons (Fsp3) is 0.125. The topological polar surface area (TPSA) is 139 Å². The summed E-state index contributed by atoms with van der Waals surface area (Å²) in [7, 11) is 0. The van der Waals surface area contributed by atoms with Crippen molar-refractivity contribution in [2.24, 2.45) is 0 Å². The fourth-order valence-corrected chi connectivity index (χ4v) is 2.83. The van der Waals surface area contributed by atoms with E-state index in [1.54, 1.807) is 6.92 Å². The van der Waals surface area contributed by atoms with Gasteiger partial charge in [-0.25, -0.2) is 4.79 Å². The summed E-state index contributed by atoms with van der Waals surface area (Å²) in [6.07, 6.45) is 0.597. The smallest absolute Gasteiger partial charge is 0.344 e. The number of nitro benzene ring substituents is 2. The Kier molecular flexibility index (Phi) is 6.39. The van der Waals surface area contributed by atoms with Gasteiger partial charge in [0, 0.05) is 17.7 Å². The molecule has 0 atom stereocenters. The van der Waals surface area contributed by atoms with E-state index in [0.717, 1.165) is 18.2 Å². The quantitative estimate of drug-likeness (QED) is 0.145. The van der Waals surface area contributed by atoms with Crippen molar-refractivity contribution >= 4 is 46.2 Å². The molecule has 0 unspecified atom stereocenters. The molecule has 27 heavy (non-hydrogen) atoms. The van der Waals surface area contributed by atoms with Gasteiger partial charge in [0.25, 0.3) is 11.4 Å². The monoisotopic (exact) mass is 486 g/mol. The van der Waals surface area contributed by atoms with Crippen LogP contribution in [0.1, 0.15) is 27.6 Å². The van der Waals surface area contributed by atoms with E-state index in [-0.39, 0.29) is 23.7 Å². The van der Waals surface area contributed by atoms with Crippen LogP contribution in [0.2, 0.25) is 0 Å². The molecule has 0 aliphatic heterocycles. The van der Waals surface area contributed by atoms with E-state index < -0.39 is 27.2 Å². The van der Waals surface area contributed by atoms with Crippen LogP contribution in [0.4, 0.5) is 11.4 Å². The zero-order valence-corrected chi connectivity index (χ0v) is 15.9. The number of halogens is 1. The Bertz CT molecular complexity index is 912. The van der Waals surface area contributed by atoms with Crippen LogP contribution in [0, 0.1) is 23.8 Å². The predicted octanol–water partition coefficient (Wildman–Crippen LogP) is 3.54. The van der Waals surface area contributed by atoms with E-state index in [1.165, 1.54) is 12.1 Å². The molecule has 0 fully saturated rings. The third-order valence-corrected chi connectivity index (χ3v) is 4.02. The molecule has 0 aromatic heterocycles. The Hall–Kier alpha value is -3.09. The van der Waals surface area contributed by atoms with E-state index in [1.807, 2.05) is 22.6 Å². The van der Waals surface area contributed by atoms with Crippen molar-refractivity contribution in [3.63, 3.8) is 0 Å². The van der Waals surface area contributed by atoms with E-state index >= 15 is 0 Å². The van der Waals surface area contributed by atoms with Gasteiger partial charge in [0.05, 0.1) is 31.7 Å². The Morgan fingerprint density at radius 2 is 1.70 bits per heavy atom. The number of non-ortho nitro benzene ring substituents is 2. The average molecular weight is 486 g/mol. The molecular formula is C16H11IN2O8. The van der Waals surface area contributed by atoms with Gasteiger partial charge in [-0.05, 0) is 41.6 Å². The fourth-order valence-electron chi connectivity index (χ4n) is 2.09. The first-order valence-corrected chi connectivity index (χ1v) is 8.42. The number of carbonyl (C=O) groups is 2. The van der Waals surface area contributed by atoms with Crippen molar-refractivity contribution in [2.45, 2.75) is 6.92 Å². The molecule has 140 valence electrons. The molecule has 0 aliphatic rings. The number of hydrogen-bond acceptors (Lipinski definition) is 8. The van der Waals surface area contributed by atoms with E-state index in [0.29, 0.717) is 15.4 Å². The molecule has 0 saturated heterocycles. The minimum absolute atomic E-state index is 0.00205. The summed E-state index contributed by atoms with van der Waals surface area (Å²) in [6, 6.07) is 5.32. The van der Waals surface area contributed by atoms with Crippen LogP contribution in [0.15, 0.2) is 30.3 Å². The zero-order valence-electron chi connectivity index (χ0n) is 13.7. The Morgan fingerprint density at radius 1 is 1.11 bits per heavy atom. The molecular weight excluding hydrogens is 475 g/mol. The van der Waals surface area contributed by atoms with Gasteiger partial charge in [-0.1, -0.05) is 0 Å². The predicted molar refractivity (Wildman–Crippen MR) is 100 cm³/mol. The van der Waals surface area contributed by atoms with Crippen molar-refractivity contribution in [1.29, 1.82) is 0 Å². The average Bonchev–Trinajstić information content (AvgIpc) is 2.63. The van der Waals surface area contributed by atoms with Gasteiger partial charge in [-0.3, -0.25) is 25.0 Å². The molecule has 0 saturated carbocycles. The SMILES string of the molecule is CCOc1cc(C=O)cc(I)c1OC(=O)c1cc([N+](=O)[O-])cc([N+](=O)[O-])c1. The number of rotatable bonds is 7. The first kappa shape index (κ1) is 20.2. The lowest BCUT2D eigenvalue weighted by Crippen LogP contribution is -2.12. The molecule has 11 heteroatoms. The van der Waals surface area contributed by atoms with Gasteiger partial charge in [0.1, 0.15) is 6.29 Å². The number of ether oxygens (including phenoxy) is 2. The number of esters is 1. The van der Waals surface area contributed by atoms with Crippen LogP contribution in [0.5, 0.6) is 11.5 Å².